The number of amides is 2. The minimum atomic E-state index is -2.97. The van der Waals surface area contributed by atoms with Crippen LogP contribution >= 0.6 is 22.6 Å². The highest BCUT2D eigenvalue weighted by atomic mass is 127. The first-order valence-electron chi connectivity index (χ1n) is 15.1. The zero-order valence-corrected chi connectivity index (χ0v) is 28.7. The van der Waals surface area contributed by atoms with Crippen molar-refractivity contribution in [2.75, 3.05) is 18.6 Å². The van der Waals surface area contributed by atoms with Crippen LogP contribution in [0.15, 0.2) is 66.7 Å². The van der Waals surface area contributed by atoms with Gasteiger partial charge in [-0.15, -0.1) is 0 Å². The molecule has 1 spiro atoms. The second kappa shape index (κ2) is 11.9. The fourth-order valence-electron chi connectivity index (χ4n) is 7.64. The van der Waals surface area contributed by atoms with E-state index in [1.807, 2.05) is 86.7 Å². The third-order valence-corrected chi connectivity index (χ3v) is 12.9. The van der Waals surface area contributed by atoms with E-state index in [9.17, 15) is 19.5 Å². The van der Waals surface area contributed by atoms with Crippen LogP contribution in [0.1, 0.15) is 35.6 Å². The standard InChI is InChI=1S/C34H39IN2O6Si/c1-21-32(44(3,4)41)30(17-31(39)36-19-24-8-6-5-7-23(24)15-26(36)20-38)43-34(21)28-16-27(42-2)13-14-29(28)37(33(34)40)18-22-9-11-25(35)12-10-22/h5-14,16,21,26,30,32,38,41H,15,17-20H2,1-4H3/t21-,26-,30+,32-,34+/m0/s1. The lowest BCUT2D eigenvalue weighted by Crippen LogP contribution is -2.48. The molecule has 5 atom stereocenters. The van der Waals surface area contributed by atoms with E-state index in [-0.39, 0.29) is 30.9 Å². The molecular weight excluding hydrogens is 687 g/mol. The van der Waals surface area contributed by atoms with E-state index in [1.54, 1.807) is 16.9 Å². The molecule has 3 aliphatic rings. The molecule has 2 amide bonds. The maximum Gasteiger partial charge on any atom is 0.264 e. The molecule has 6 rings (SSSR count). The van der Waals surface area contributed by atoms with Gasteiger partial charge < -0.3 is 29.2 Å². The first-order chi connectivity index (χ1) is 21.0. The molecule has 8 nitrogen and oxygen atoms in total. The van der Waals surface area contributed by atoms with Gasteiger partial charge in [0.1, 0.15) is 5.75 Å². The summed E-state index contributed by atoms with van der Waals surface area (Å²) in [7, 11) is -1.37. The number of aliphatic hydroxyl groups is 1. The van der Waals surface area contributed by atoms with E-state index in [0.717, 1.165) is 25.9 Å². The molecule has 2 N–H and O–H groups in total. The summed E-state index contributed by atoms with van der Waals surface area (Å²) in [6, 6.07) is 21.3. The van der Waals surface area contributed by atoms with Gasteiger partial charge in [-0.05, 0) is 89.1 Å². The van der Waals surface area contributed by atoms with Crippen LogP contribution in [-0.2, 0) is 39.4 Å². The van der Waals surface area contributed by atoms with E-state index in [1.165, 1.54) is 0 Å². The first kappa shape index (κ1) is 31.2. The van der Waals surface area contributed by atoms with Gasteiger partial charge in [-0.25, -0.2) is 0 Å². The number of carbonyl (C=O) groups excluding carboxylic acids is 2. The molecule has 3 aromatic carbocycles. The van der Waals surface area contributed by atoms with Crippen LogP contribution in [0.25, 0.3) is 0 Å². The second-order valence-electron chi connectivity index (χ2n) is 12.8. The molecule has 44 heavy (non-hydrogen) atoms. The number of rotatable bonds is 7. The van der Waals surface area contributed by atoms with E-state index in [4.69, 9.17) is 9.47 Å². The summed E-state index contributed by atoms with van der Waals surface area (Å²) >= 11 is 2.26. The molecule has 0 bridgehead atoms. The quantitative estimate of drug-likeness (QED) is 0.264. The first-order valence-corrected chi connectivity index (χ1v) is 19.2. The Hall–Kier alpha value is -2.77. The van der Waals surface area contributed by atoms with Crippen LogP contribution in [0.4, 0.5) is 5.69 Å². The number of carbonyl (C=O) groups is 2. The van der Waals surface area contributed by atoms with E-state index in [0.29, 0.717) is 30.8 Å². The van der Waals surface area contributed by atoms with Gasteiger partial charge in [0.2, 0.25) is 5.91 Å². The lowest BCUT2D eigenvalue weighted by molar-refractivity contribution is -0.151. The number of hydrogen-bond donors (Lipinski definition) is 2. The Bertz CT molecular complexity index is 1580. The van der Waals surface area contributed by atoms with Gasteiger partial charge in [0.05, 0.1) is 44.5 Å². The zero-order valence-electron chi connectivity index (χ0n) is 25.5. The van der Waals surface area contributed by atoms with Crippen LogP contribution in [-0.4, -0.2) is 60.8 Å². The summed E-state index contributed by atoms with van der Waals surface area (Å²) in [5.74, 6) is -0.131. The van der Waals surface area contributed by atoms with Gasteiger partial charge in [-0.3, -0.25) is 9.59 Å². The van der Waals surface area contributed by atoms with Gasteiger partial charge in [0, 0.05) is 27.1 Å². The molecule has 0 aromatic heterocycles. The predicted octanol–water partition coefficient (Wildman–Crippen LogP) is 4.98. The van der Waals surface area contributed by atoms with Crippen molar-refractivity contribution in [3.8, 4) is 5.75 Å². The number of anilines is 1. The normalized spacial score (nSPS) is 26.2. The Labute approximate surface area is 273 Å². The van der Waals surface area contributed by atoms with Crippen molar-refractivity contribution in [1.82, 2.24) is 4.90 Å². The molecule has 0 radical (unpaired) electrons. The van der Waals surface area contributed by atoms with Gasteiger partial charge in [-0.2, -0.15) is 0 Å². The van der Waals surface area contributed by atoms with Gasteiger partial charge in [0.25, 0.3) is 5.91 Å². The Kier molecular flexibility index (Phi) is 8.42. The average Bonchev–Trinajstić information content (AvgIpc) is 3.43. The Balaban J connectivity index is 1.37. The predicted molar refractivity (Wildman–Crippen MR) is 179 cm³/mol. The van der Waals surface area contributed by atoms with Gasteiger partial charge >= 0.3 is 0 Å². The summed E-state index contributed by atoms with van der Waals surface area (Å²) < 4.78 is 13.6. The lowest BCUT2D eigenvalue weighted by Gasteiger charge is -2.37. The molecular formula is C34H39IN2O6Si. The molecule has 0 saturated carbocycles. The summed E-state index contributed by atoms with van der Waals surface area (Å²) in [6.45, 7) is 6.32. The Morgan fingerprint density at radius 3 is 2.48 bits per heavy atom. The van der Waals surface area contributed by atoms with E-state index < -0.39 is 31.5 Å². The Morgan fingerprint density at radius 1 is 1.11 bits per heavy atom. The van der Waals surface area contributed by atoms with Crippen LogP contribution in [0.3, 0.4) is 0 Å². The number of halogens is 1. The van der Waals surface area contributed by atoms with Crippen LogP contribution in [0.5, 0.6) is 5.75 Å². The summed E-state index contributed by atoms with van der Waals surface area (Å²) in [5, 5.41) is 10.2. The second-order valence-corrected chi connectivity index (χ2v) is 18.0. The summed E-state index contributed by atoms with van der Waals surface area (Å²) in [6.07, 6.45) is -0.0922. The fourth-order valence-corrected chi connectivity index (χ4v) is 10.6. The van der Waals surface area contributed by atoms with E-state index >= 15 is 0 Å². The monoisotopic (exact) mass is 726 g/mol. The van der Waals surface area contributed by atoms with Crippen molar-refractivity contribution in [1.29, 1.82) is 0 Å². The number of nitrogens with zero attached hydrogens (tertiary/aromatic N) is 2. The minimum absolute atomic E-state index is 0.0100. The Morgan fingerprint density at radius 2 is 1.82 bits per heavy atom. The van der Waals surface area contributed by atoms with Gasteiger partial charge in [-0.1, -0.05) is 43.3 Å². The van der Waals surface area contributed by atoms with Crippen LogP contribution in [0, 0.1) is 9.49 Å². The molecule has 0 aliphatic carbocycles. The number of benzene rings is 3. The number of ether oxygens (including phenoxy) is 2. The van der Waals surface area contributed by atoms with Crippen molar-refractivity contribution < 1.29 is 29.0 Å². The molecule has 10 heteroatoms. The minimum Gasteiger partial charge on any atom is -0.497 e. The molecule has 3 aromatic rings. The average molecular weight is 727 g/mol. The number of hydrogen-bond acceptors (Lipinski definition) is 6. The van der Waals surface area contributed by atoms with Crippen molar-refractivity contribution in [3.05, 3.63) is 92.6 Å². The van der Waals surface area contributed by atoms with Crippen molar-refractivity contribution in [2.45, 2.75) is 69.2 Å². The highest BCUT2D eigenvalue weighted by Gasteiger charge is 2.66. The summed E-state index contributed by atoms with van der Waals surface area (Å²) in [5.41, 5.74) is 2.88. The number of methoxy groups -OCH3 is 1. The zero-order chi connectivity index (χ0) is 31.4. The highest BCUT2D eigenvalue weighted by molar-refractivity contribution is 14.1. The van der Waals surface area contributed by atoms with E-state index in [2.05, 4.69) is 22.6 Å². The lowest BCUT2D eigenvalue weighted by atomic mass is 9.82. The van der Waals surface area contributed by atoms with Crippen molar-refractivity contribution >= 4 is 48.4 Å². The van der Waals surface area contributed by atoms with Crippen LogP contribution < -0.4 is 9.64 Å². The maximum absolute atomic E-state index is 14.7. The molecule has 3 aliphatic heterocycles. The number of fused-ring (bicyclic) bond motifs is 3. The van der Waals surface area contributed by atoms with Crippen molar-refractivity contribution in [2.24, 2.45) is 5.92 Å². The SMILES string of the molecule is COc1ccc2c(c1)[C@@]1(O[C@H](CC(=O)N3Cc4ccccc4C[C@H]3CO)[C@@H]([Si](C)(C)O)[C@@H]1C)C(=O)N2Cc1ccc(I)cc1. The summed E-state index contributed by atoms with van der Waals surface area (Å²) in [4.78, 5) is 43.9. The highest BCUT2D eigenvalue weighted by Crippen LogP contribution is 2.60. The largest absolute Gasteiger partial charge is 0.497 e. The fraction of sp³-hybridized carbons (Fsp3) is 0.412. The number of aliphatic hydroxyl groups excluding tert-OH is 1. The smallest absolute Gasteiger partial charge is 0.264 e. The molecule has 1 saturated heterocycles. The maximum atomic E-state index is 14.7. The third-order valence-electron chi connectivity index (χ3n) is 9.71. The molecule has 0 unspecified atom stereocenters. The van der Waals surface area contributed by atoms with Gasteiger partial charge in [0.15, 0.2) is 13.9 Å². The topological polar surface area (TPSA) is 99.5 Å². The molecule has 3 heterocycles. The molecule has 1 fully saturated rings. The molecule has 232 valence electrons. The third kappa shape index (κ3) is 5.28. The van der Waals surface area contributed by atoms with Crippen LogP contribution in [0.2, 0.25) is 18.6 Å². The van der Waals surface area contributed by atoms with Crippen molar-refractivity contribution in [3.63, 3.8) is 0 Å².